The van der Waals surface area contributed by atoms with E-state index in [1.807, 2.05) is 0 Å². The van der Waals surface area contributed by atoms with Crippen LogP contribution in [0.4, 0.5) is 5.69 Å². The van der Waals surface area contributed by atoms with E-state index in [1.54, 1.807) is 24.3 Å². The summed E-state index contributed by atoms with van der Waals surface area (Å²) in [6.45, 7) is 0. The van der Waals surface area contributed by atoms with Gasteiger partial charge in [0.05, 0.1) is 12.5 Å². The minimum atomic E-state index is -0.523. The molecule has 1 aromatic rings. The summed E-state index contributed by atoms with van der Waals surface area (Å²) in [5.41, 5.74) is 0.783. The Morgan fingerprint density at radius 1 is 1.44 bits per heavy atom. The molecule has 1 saturated carbocycles. The average molecular weight is 264 g/mol. The number of nitrogens with zero attached hydrogens (tertiary/aromatic N) is 1. The van der Waals surface area contributed by atoms with Gasteiger partial charge in [-0.15, -0.1) is 0 Å². The molecule has 5 heteroatoms. The molecule has 1 fully saturated rings. The Balaban J connectivity index is 1.86. The number of amides is 1. The second-order valence-electron chi connectivity index (χ2n) is 4.38. The first kappa shape index (κ1) is 12.7. The highest BCUT2D eigenvalue weighted by molar-refractivity contribution is 6.30. The summed E-state index contributed by atoms with van der Waals surface area (Å²) in [5, 5.41) is 15.5. The fourth-order valence-electron chi connectivity index (χ4n) is 1.58. The molecule has 0 aromatic heterocycles. The van der Waals surface area contributed by atoms with Crippen LogP contribution in [0.2, 0.25) is 5.02 Å². The molecule has 0 radical (unpaired) electrons. The zero-order chi connectivity index (χ0) is 13.0. The number of rotatable bonds is 5. The molecule has 0 bridgehead atoms. The van der Waals surface area contributed by atoms with Gasteiger partial charge in [0.1, 0.15) is 6.04 Å². The highest BCUT2D eigenvalue weighted by atomic mass is 35.5. The van der Waals surface area contributed by atoms with Crippen LogP contribution < -0.4 is 10.6 Å². The number of nitriles is 1. The van der Waals surface area contributed by atoms with Crippen LogP contribution in [0.15, 0.2) is 24.3 Å². The van der Waals surface area contributed by atoms with Crippen LogP contribution in [0.3, 0.4) is 0 Å². The molecule has 2 N–H and O–H groups in total. The lowest BCUT2D eigenvalue weighted by Crippen LogP contribution is -2.31. The Kier molecular flexibility index (Phi) is 4.06. The van der Waals surface area contributed by atoms with E-state index in [0.29, 0.717) is 11.1 Å². The monoisotopic (exact) mass is 263 g/mol. The number of hydrogen-bond donors (Lipinski definition) is 2. The first-order chi connectivity index (χ1) is 8.67. The first-order valence-electron chi connectivity index (χ1n) is 5.88. The summed E-state index contributed by atoms with van der Waals surface area (Å²) in [6.07, 6.45) is 2.26. The van der Waals surface area contributed by atoms with Gasteiger partial charge >= 0.3 is 0 Å². The highest BCUT2D eigenvalue weighted by Gasteiger charge is 2.24. The molecule has 1 unspecified atom stereocenters. The van der Waals surface area contributed by atoms with Gasteiger partial charge in [0.2, 0.25) is 5.91 Å². The van der Waals surface area contributed by atoms with E-state index in [1.165, 1.54) is 0 Å². The van der Waals surface area contributed by atoms with E-state index in [9.17, 15) is 4.79 Å². The van der Waals surface area contributed by atoms with Crippen molar-refractivity contribution in [3.63, 3.8) is 0 Å². The molecular weight excluding hydrogens is 250 g/mol. The van der Waals surface area contributed by atoms with E-state index in [2.05, 4.69) is 16.7 Å². The molecule has 1 aliphatic rings. The normalized spacial score (nSPS) is 15.6. The minimum absolute atomic E-state index is 0.0782. The maximum Gasteiger partial charge on any atom is 0.223 e. The summed E-state index contributed by atoms with van der Waals surface area (Å²) < 4.78 is 0. The van der Waals surface area contributed by atoms with Crippen molar-refractivity contribution >= 4 is 23.2 Å². The van der Waals surface area contributed by atoms with Crippen molar-refractivity contribution in [2.24, 2.45) is 0 Å². The second kappa shape index (κ2) is 5.74. The van der Waals surface area contributed by atoms with Crippen molar-refractivity contribution in [1.29, 1.82) is 5.26 Å². The van der Waals surface area contributed by atoms with E-state index in [4.69, 9.17) is 16.9 Å². The molecule has 1 amide bonds. The smallest absolute Gasteiger partial charge is 0.223 e. The van der Waals surface area contributed by atoms with E-state index >= 15 is 0 Å². The molecule has 18 heavy (non-hydrogen) atoms. The molecule has 0 aliphatic heterocycles. The topological polar surface area (TPSA) is 64.9 Å². The Morgan fingerprint density at radius 2 is 2.11 bits per heavy atom. The standard InChI is InChI=1S/C13H14ClN3O/c14-9-1-3-10(4-2-9)16-12(8-15)7-13(18)17-11-5-6-11/h1-4,11-12,16H,5-7H2,(H,17,18). The van der Waals surface area contributed by atoms with Crippen LogP contribution in [-0.2, 0) is 4.79 Å². The van der Waals surface area contributed by atoms with Gasteiger partial charge in [-0.3, -0.25) is 4.79 Å². The highest BCUT2D eigenvalue weighted by Crippen LogP contribution is 2.19. The summed E-state index contributed by atoms with van der Waals surface area (Å²) in [7, 11) is 0. The Labute approximate surface area is 111 Å². The fraction of sp³-hybridized carbons (Fsp3) is 0.385. The third-order valence-corrected chi connectivity index (χ3v) is 2.92. The Hall–Kier alpha value is -1.73. The molecule has 2 rings (SSSR count). The third kappa shape index (κ3) is 3.94. The van der Waals surface area contributed by atoms with E-state index in [0.717, 1.165) is 18.5 Å². The van der Waals surface area contributed by atoms with Crippen molar-refractivity contribution in [3.05, 3.63) is 29.3 Å². The number of carbonyl (C=O) groups is 1. The van der Waals surface area contributed by atoms with Gasteiger partial charge in [-0.05, 0) is 37.1 Å². The van der Waals surface area contributed by atoms with Crippen LogP contribution in [0.5, 0.6) is 0 Å². The molecule has 0 saturated heterocycles. The van der Waals surface area contributed by atoms with Gasteiger partial charge in [-0.2, -0.15) is 5.26 Å². The van der Waals surface area contributed by atoms with Crippen LogP contribution in [0.25, 0.3) is 0 Å². The molecule has 94 valence electrons. The number of nitrogens with one attached hydrogen (secondary N) is 2. The summed E-state index contributed by atoms with van der Waals surface area (Å²) in [4.78, 5) is 11.6. The van der Waals surface area contributed by atoms with Crippen molar-refractivity contribution in [2.75, 3.05) is 5.32 Å². The van der Waals surface area contributed by atoms with Crippen LogP contribution in [0, 0.1) is 11.3 Å². The quantitative estimate of drug-likeness (QED) is 0.857. The van der Waals surface area contributed by atoms with Crippen LogP contribution in [-0.4, -0.2) is 18.0 Å². The van der Waals surface area contributed by atoms with Crippen LogP contribution >= 0.6 is 11.6 Å². The number of halogens is 1. The molecule has 0 heterocycles. The van der Waals surface area contributed by atoms with Crippen LogP contribution in [0.1, 0.15) is 19.3 Å². The number of carbonyl (C=O) groups excluding carboxylic acids is 1. The maximum atomic E-state index is 11.6. The van der Waals surface area contributed by atoms with E-state index in [-0.39, 0.29) is 12.3 Å². The fourth-order valence-corrected chi connectivity index (χ4v) is 1.70. The predicted molar refractivity (Wildman–Crippen MR) is 70.3 cm³/mol. The van der Waals surface area contributed by atoms with Gasteiger partial charge < -0.3 is 10.6 Å². The third-order valence-electron chi connectivity index (χ3n) is 2.67. The molecule has 1 atom stereocenters. The van der Waals surface area contributed by atoms with Crippen molar-refractivity contribution in [1.82, 2.24) is 5.32 Å². The largest absolute Gasteiger partial charge is 0.369 e. The van der Waals surface area contributed by atoms with E-state index < -0.39 is 6.04 Å². The molecule has 4 nitrogen and oxygen atoms in total. The summed E-state index contributed by atoms with van der Waals surface area (Å²) in [6, 6.07) is 8.93. The minimum Gasteiger partial charge on any atom is -0.369 e. The number of hydrogen-bond acceptors (Lipinski definition) is 3. The lowest BCUT2D eigenvalue weighted by molar-refractivity contribution is -0.121. The van der Waals surface area contributed by atoms with Gasteiger partial charge in [0, 0.05) is 16.8 Å². The molecule has 1 aliphatic carbocycles. The average Bonchev–Trinajstić information content (AvgIpc) is 3.15. The number of benzene rings is 1. The van der Waals surface area contributed by atoms with Gasteiger partial charge in [0.15, 0.2) is 0 Å². The lowest BCUT2D eigenvalue weighted by atomic mass is 10.2. The summed E-state index contributed by atoms with van der Waals surface area (Å²) >= 11 is 5.77. The first-order valence-corrected chi connectivity index (χ1v) is 6.26. The molecule has 0 spiro atoms. The Bertz CT molecular complexity index is 462. The van der Waals surface area contributed by atoms with Gasteiger partial charge in [0.25, 0.3) is 0 Å². The lowest BCUT2D eigenvalue weighted by Gasteiger charge is -2.12. The number of anilines is 1. The zero-order valence-electron chi connectivity index (χ0n) is 9.82. The van der Waals surface area contributed by atoms with Gasteiger partial charge in [-0.25, -0.2) is 0 Å². The second-order valence-corrected chi connectivity index (χ2v) is 4.82. The van der Waals surface area contributed by atoms with Crippen molar-refractivity contribution in [2.45, 2.75) is 31.3 Å². The van der Waals surface area contributed by atoms with Gasteiger partial charge in [-0.1, -0.05) is 11.6 Å². The van der Waals surface area contributed by atoms with Crippen molar-refractivity contribution < 1.29 is 4.79 Å². The molecular formula is C13H14ClN3O. The maximum absolute atomic E-state index is 11.6. The zero-order valence-corrected chi connectivity index (χ0v) is 10.6. The molecule has 1 aromatic carbocycles. The predicted octanol–water partition coefficient (Wildman–Crippen LogP) is 2.31. The Morgan fingerprint density at radius 3 is 2.67 bits per heavy atom. The SMILES string of the molecule is N#CC(CC(=O)NC1CC1)Nc1ccc(Cl)cc1. The summed E-state index contributed by atoms with van der Waals surface area (Å²) in [5.74, 6) is -0.0782. The van der Waals surface area contributed by atoms with Crippen molar-refractivity contribution in [3.8, 4) is 6.07 Å².